The molecule has 2 aliphatic rings. The molecule has 0 aromatic rings. The second-order valence-corrected chi connectivity index (χ2v) is 5.29. The van der Waals surface area contributed by atoms with Crippen molar-refractivity contribution >= 4 is 23.9 Å². The average Bonchev–Trinajstić information content (AvgIpc) is 3.01. The number of hydrogen-bond acceptors (Lipinski definition) is 6. The average molecular weight is 358 g/mol. The summed E-state index contributed by atoms with van der Waals surface area (Å²) >= 11 is 0. The number of carbonyl (C=O) groups excluding carboxylic acids is 2. The zero-order valence-corrected chi connectivity index (χ0v) is 13.6. The largest absolute Gasteiger partial charge is 0.545 e. The molecule has 5 N–H and O–H groups in total. The van der Waals surface area contributed by atoms with Gasteiger partial charge in [-0.1, -0.05) is 0 Å². The van der Waals surface area contributed by atoms with Crippen molar-refractivity contribution in [2.45, 2.75) is 18.9 Å². The number of nitrogens with one attached hydrogen (secondary N) is 1. The topological polar surface area (TPSA) is 176 Å². The van der Waals surface area contributed by atoms with E-state index in [0.717, 1.165) is 6.04 Å². The molecule has 2 unspecified atom stereocenters. The molecule has 2 rings (SSSR count). The fourth-order valence-corrected chi connectivity index (χ4v) is 2.48. The number of rotatable bonds is 4. The first-order valence-corrected chi connectivity index (χ1v) is 7.62. The van der Waals surface area contributed by atoms with Crippen LogP contribution >= 0.6 is 0 Å². The van der Waals surface area contributed by atoms with Crippen LogP contribution in [0.3, 0.4) is 0 Å². The lowest BCUT2D eigenvalue weighted by Gasteiger charge is -2.23. The molecular formula is C15H22N2O8. The van der Waals surface area contributed by atoms with Gasteiger partial charge < -0.3 is 40.2 Å². The second-order valence-electron chi connectivity index (χ2n) is 5.29. The Hall–Kier alpha value is -2.72. The third-order valence-corrected chi connectivity index (χ3v) is 3.47. The normalized spacial score (nSPS) is 21.4. The van der Waals surface area contributed by atoms with Crippen molar-refractivity contribution in [2.24, 2.45) is 0 Å². The summed E-state index contributed by atoms with van der Waals surface area (Å²) in [4.78, 5) is 39.8. The monoisotopic (exact) mass is 358 g/mol. The smallest absolute Gasteiger partial charge is 0.328 e. The molecule has 10 nitrogen and oxygen atoms in total. The zero-order valence-electron chi connectivity index (χ0n) is 13.6. The lowest BCUT2D eigenvalue weighted by molar-refractivity contribution is -0.959. The van der Waals surface area contributed by atoms with Gasteiger partial charge >= 0.3 is 11.9 Å². The van der Waals surface area contributed by atoms with Gasteiger partial charge in [0.15, 0.2) is 0 Å². The molecule has 2 aliphatic heterocycles. The van der Waals surface area contributed by atoms with Crippen molar-refractivity contribution in [1.82, 2.24) is 0 Å². The summed E-state index contributed by atoms with van der Waals surface area (Å²) in [5.41, 5.74) is 0. The van der Waals surface area contributed by atoms with E-state index in [0.29, 0.717) is 24.3 Å². The van der Waals surface area contributed by atoms with Crippen LogP contribution in [-0.4, -0.2) is 66.3 Å². The van der Waals surface area contributed by atoms with E-state index < -0.39 is 23.9 Å². The highest BCUT2D eigenvalue weighted by atomic mass is 16.4. The van der Waals surface area contributed by atoms with Gasteiger partial charge in [0.1, 0.15) is 25.7 Å². The minimum atomic E-state index is -1.51. The highest BCUT2D eigenvalue weighted by Gasteiger charge is 2.32. The first kappa shape index (κ1) is 22.3. The van der Waals surface area contributed by atoms with E-state index in [4.69, 9.17) is 10.2 Å². The Morgan fingerprint density at radius 3 is 1.80 bits per heavy atom. The highest BCUT2D eigenvalue weighted by molar-refractivity contribution is 5.89. The Kier molecular flexibility index (Phi) is 11.3. The molecule has 0 bridgehead atoms. The molecule has 10 heteroatoms. The van der Waals surface area contributed by atoms with Gasteiger partial charge in [-0.3, -0.25) is 0 Å². The van der Waals surface area contributed by atoms with E-state index in [1.165, 1.54) is 39.0 Å². The number of quaternary nitrogens is 2. The molecule has 0 spiro atoms. The summed E-state index contributed by atoms with van der Waals surface area (Å²) in [5.74, 6) is -5.61. The van der Waals surface area contributed by atoms with Crippen LogP contribution in [0, 0.1) is 0 Å². The number of carboxylic acid groups (broad SMARTS) is 4. The number of carboxylic acids is 4. The maximum absolute atomic E-state index is 9.53. The van der Waals surface area contributed by atoms with Gasteiger partial charge in [-0.25, -0.2) is 9.59 Å². The van der Waals surface area contributed by atoms with E-state index in [-0.39, 0.29) is 0 Å². The molecule has 2 atom stereocenters. The maximum Gasteiger partial charge on any atom is 0.328 e. The Balaban J connectivity index is 0.000000348. The molecule has 2 saturated heterocycles. The number of piperazine rings is 1. The Morgan fingerprint density at radius 2 is 1.44 bits per heavy atom. The quantitative estimate of drug-likeness (QED) is 0.359. The summed E-state index contributed by atoms with van der Waals surface area (Å²) in [6.45, 7) is 5.64. The van der Waals surface area contributed by atoms with Crippen LogP contribution in [0.2, 0.25) is 0 Å². The van der Waals surface area contributed by atoms with E-state index in [2.05, 4.69) is 5.32 Å². The minimum absolute atomic E-state index is 0.447. The molecule has 25 heavy (non-hydrogen) atoms. The summed E-state index contributed by atoms with van der Waals surface area (Å²) < 4.78 is 0. The van der Waals surface area contributed by atoms with Crippen LogP contribution in [0.4, 0.5) is 0 Å². The Labute approximate surface area is 144 Å². The standard InChI is InChI=1S/C7H14N2.2C4H4O4/c1-2-7-6-8-3-5-9(7)4-1;2*5-3(6)1-2-4(7)8/h7-8H,1-6H2;2*1-2H,(H,5,6)(H,7,8)/b;2*2-1+. The van der Waals surface area contributed by atoms with Crippen molar-refractivity contribution < 1.29 is 49.8 Å². The Morgan fingerprint density at radius 1 is 0.920 bits per heavy atom. The van der Waals surface area contributed by atoms with Crippen LogP contribution in [0.25, 0.3) is 0 Å². The molecule has 0 aromatic heterocycles. The lowest BCUT2D eigenvalue weighted by atomic mass is 10.2. The summed E-state index contributed by atoms with van der Waals surface area (Å²) in [5, 5.41) is 36.9. The fourth-order valence-electron chi connectivity index (χ4n) is 2.48. The van der Waals surface area contributed by atoms with Gasteiger partial charge in [-0.15, -0.1) is 0 Å². The second kappa shape index (κ2) is 12.7. The third-order valence-electron chi connectivity index (χ3n) is 3.47. The van der Waals surface area contributed by atoms with Crippen LogP contribution in [-0.2, 0) is 19.2 Å². The number of nitrogens with two attached hydrogens (primary N) is 1. The fraction of sp³-hybridized carbons (Fsp3) is 0.467. The molecule has 0 aromatic carbocycles. The Bertz CT molecular complexity index is 452. The van der Waals surface area contributed by atoms with Gasteiger partial charge in [-0.05, 0) is 12.2 Å². The molecule has 0 saturated carbocycles. The van der Waals surface area contributed by atoms with Crippen molar-refractivity contribution in [3.63, 3.8) is 0 Å². The van der Waals surface area contributed by atoms with Gasteiger partial charge in [0.25, 0.3) is 0 Å². The molecule has 140 valence electrons. The van der Waals surface area contributed by atoms with Crippen LogP contribution in [0.5, 0.6) is 0 Å². The van der Waals surface area contributed by atoms with Crippen LogP contribution < -0.4 is 20.4 Å². The third kappa shape index (κ3) is 13.4. The van der Waals surface area contributed by atoms with E-state index in [9.17, 15) is 29.4 Å². The van der Waals surface area contributed by atoms with Gasteiger partial charge in [0.2, 0.25) is 0 Å². The lowest BCUT2D eigenvalue weighted by Crippen LogP contribution is -3.22. The van der Waals surface area contributed by atoms with Crippen LogP contribution in [0.15, 0.2) is 24.3 Å². The number of hydrogen-bond donors (Lipinski definition) is 4. The summed E-state index contributed by atoms with van der Waals surface area (Å²) in [7, 11) is 0. The van der Waals surface area contributed by atoms with Crippen molar-refractivity contribution in [1.29, 1.82) is 0 Å². The summed E-state index contributed by atoms with van der Waals surface area (Å²) in [6.07, 6.45) is 4.86. The number of aliphatic carboxylic acids is 4. The minimum Gasteiger partial charge on any atom is -0.545 e. The van der Waals surface area contributed by atoms with E-state index in [1.54, 1.807) is 0 Å². The van der Waals surface area contributed by atoms with E-state index >= 15 is 0 Å². The van der Waals surface area contributed by atoms with Gasteiger partial charge in [0.05, 0.1) is 18.5 Å². The highest BCUT2D eigenvalue weighted by Crippen LogP contribution is 1.97. The molecule has 0 radical (unpaired) electrons. The predicted octanol–water partition coefficient (Wildman–Crippen LogP) is -5.64. The van der Waals surface area contributed by atoms with Crippen molar-refractivity contribution in [3.05, 3.63) is 24.3 Å². The van der Waals surface area contributed by atoms with Crippen molar-refractivity contribution in [3.8, 4) is 0 Å². The maximum atomic E-state index is 9.53. The molecule has 2 fully saturated rings. The van der Waals surface area contributed by atoms with Crippen LogP contribution in [0.1, 0.15) is 12.8 Å². The number of carbonyl (C=O) groups is 4. The van der Waals surface area contributed by atoms with Gasteiger partial charge in [-0.2, -0.15) is 0 Å². The molecule has 0 amide bonds. The zero-order chi connectivity index (χ0) is 19.2. The molecular weight excluding hydrogens is 336 g/mol. The first-order chi connectivity index (χ1) is 11.7. The molecule has 2 heterocycles. The first-order valence-electron chi connectivity index (χ1n) is 7.62. The SMILES string of the molecule is C1CC2C[NH2+]CC[NH+]2C1.O=C([O-])/C=C/C(=O)O.O=C([O-])/C=C/C(=O)O. The van der Waals surface area contributed by atoms with Gasteiger partial charge in [0, 0.05) is 25.0 Å². The van der Waals surface area contributed by atoms with Crippen molar-refractivity contribution in [2.75, 3.05) is 26.2 Å². The number of fused-ring (bicyclic) bond motifs is 1. The molecule has 0 aliphatic carbocycles. The van der Waals surface area contributed by atoms with E-state index in [1.807, 2.05) is 4.90 Å². The summed E-state index contributed by atoms with van der Waals surface area (Å²) in [6, 6.07) is 1.03. The predicted molar refractivity (Wildman–Crippen MR) is 78.9 cm³/mol.